The maximum Gasteiger partial charge on any atom is 0.258 e. The number of carbonyl (C=O) groups is 2. The molecule has 10 heteroatoms. The highest BCUT2D eigenvalue weighted by atomic mass is 32.2. The predicted molar refractivity (Wildman–Crippen MR) is 149 cm³/mol. The zero-order valence-electron chi connectivity index (χ0n) is 22.9. The van der Waals surface area contributed by atoms with Crippen LogP contribution in [0.15, 0.2) is 53.4 Å². The number of hydrogen-bond donors (Lipinski definition) is 2. The molecule has 0 unspecified atom stereocenters. The largest absolute Gasteiger partial charge is 0.486 e. The fourth-order valence-electron chi connectivity index (χ4n) is 5.28. The lowest BCUT2D eigenvalue weighted by atomic mass is 9.88. The van der Waals surface area contributed by atoms with E-state index in [1.807, 2.05) is 6.92 Å². The van der Waals surface area contributed by atoms with Gasteiger partial charge >= 0.3 is 0 Å². The van der Waals surface area contributed by atoms with E-state index >= 15 is 0 Å². The van der Waals surface area contributed by atoms with E-state index in [0.717, 1.165) is 32.1 Å². The van der Waals surface area contributed by atoms with Crippen molar-refractivity contribution >= 4 is 27.5 Å². The van der Waals surface area contributed by atoms with Crippen molar-refractivity contribution in [3.63, 3.8) is 0 Å². The molecule has 4 rings (SSSR count). The number of amides is 2. The third kappa shape index (κ3) is 6.45. The van der Waals surface area contributed by atoms with Crippen LogP contribution in [0.1, 0.15) is 56.3 Å². The van der Waals surface area contributed by atoms with Crippen LogP contribution in [0.25, 0.3) is 0 Å². The van der Waals surface area contributed by atoms with Crippen LogP contribution in [0.5, 0.6) is 5.75 Å². The molecule has 1 aliphatic carbocycles. The summed E-state index contributed by atoms with van der Waals surface area (Å²) in [5.74, 6) is -0.567. The van der Waals surface area contributed by atoms with Gasteiger partial charge in [-0.2, -0.15) is 4.31 Å². The summed E-state index contributed by atoms with van der Waals surface area (Å²) < 4.78 is 34.3. The van der Waals surface area contributed by atoms with Gasteiger partial charge in [-0.15, -0.1) is 0 Å². The highest BCUT2D eigenvalue weighted by molar-refractivity contribution is 7.89. The Bertz CT molecular complexity index is 1260. The van der Waals surface area contributed by atoms with Crippen LogP contribution < -0.4 is 10.1 Å². The molecule has 1 aliphatic heterocycles. The molecule has 212 valence electrons. The van der Waals surface area contributed by atoms with Crippen LogP contribution >= 0.6 is 0 Å². The molecule has 0 saturated heterocycles. The Morgan fingerprint density at radius 1 is 1.13 bits per heavy atom. The lowest BCUT2D eigenvalue weighted by Crippen LogP contribution is -2.50. The Kier molecular flexibility index (Phi) is 9.30. The van der Waals surface area contributed by atoms with Gasteiger partial charge in [0.05, 0.1) is 35.3 Å². The third-order valence-corrected chi connectivity index (χ3v) is 9.65. The van der Waals surface area contributed by atoms with Crippen LogP contribution in [0.2, 0.25) is 0 Å². The van der Waals surface area contributed by atoms with E-state index in [2.05, 4.69) is 5.32 Å². The molecule has 2 aromatic carbocycles. The summed E-state index contributed by atoms with van der Waals surface area (Å²) in [7, 11) is -2.28. The average molecular weight is 558 g/mol. The first-order chi connectivity index (χ1) is 18.6. The van der Waals surface area contributed by atoms with Crippen LogP contribution in [-0.2, 0) is 14.8 Å². The Labute approximate surface area is 231 Å². The number of anilines is 1. The fraction of sp³-hybridized carbons (Fsp3) is 0.517. The molecular formula is C29H39N3O6S. The second-order valence-corrected chi connectivity index (χ2v) is 12.8. The lowest BCUT2D eigenvalue weighted by Gasteiger charge is -2.38. The average Bonchev–Trinajstić information content (AvgIpc) is 2.95. The summed E-state index contributed by atoms with van der Waals surface area (Å²) in [6.45, 7) is 3.73. The Balaban J connectivity index is 1.69. The number of rotatable bonds is 8. The zero-order valence-corrected chi connectivity index (χ0v) is 23.7. The molecule has 39 heavy (non-hydrogen) atoms. The summed E-state index contributed by atoms with van der Waals surface area (Å²) in [4.78, 5) is 28.6. The lowest BCUT2D eigenvalue weighted by molar-refractivity contribution is -0.120. The first kappa shape index (κ1) is 29.0. The van der Waals surface area contributed by atoms with E-state index in [1.54, 1.807) is 60.4 Å². The molecule has 2 N–H and O–H groups in total. The number of hydrogen-bond acceptors (Lipinski definition) is 6. The smallest absolute Gasteiger partial charge is 0.258 e. The minimum Gasteiger partial charge on any atom is -0.486 e. The van der Waals surface area contributed by atoms with Gasteiger partial charge in [-0.3, -0.25) is 9.59 Å². The molecule has 0 aromatic heterocycles. The maximum atomic E-state index is 13.7. The summed E-state index contributed by atoms with van der Waals surface area (Å²) in [5, 5.41) is 12.9. The van der Waals surface area contributed by atoms with Crippen molar-refractivity contribution in [1.29, 1.82) is 0 Å². The number of aliphatic hydroxyl groups is 1. The van der Waals surface area contributed by atoms with Crippen LogP contribution in [0.3, 0.4) is 0 Å². The summed E-state index contributed by atoms with van der Waals surface area (Å²) in [6.07, 6.45) is 4.15. The van der Waals surface area contributed by atoms with Gasteiger partial charge in [0, 0.05) is 25.4 Å². The van der Waals surface area contributed by atoms with Gasteiger partial charge in [-0.05, 0) is 44.0 Å². The van der Waals surface area contributed by atoms with Gasteiger partial charge in [-0.1, -0.05) is 50.5 Å². The van der Waals surface area contributed by atoms with Gasteiger partial charge in [0.2, 0.25) is 15.9 Å². The number of ether oxygens (including phenoxy) is 1. The SMILES string of the molecule is C[C@H]1CN([C@@H](C)CO)C(=O)c2cccc(NC(=O)C3CCCCC3)c2O[C@H]1CN(C)S(=O)(=O)c1ccccc1. The van der Waals surface area contributed by atoms with E-state index in [4.69, 9.17) is 4.74 Å². The van der Waals surface area contributed by atoms with Crippen molar-refractivity contribution in [2.75, 3.05) is 32.1 Å². The van der Waals surface area contributed by atoms with Gasteiger partial charge in [0.15, 0.2) is 5.75 Å². The Morgan fingerprint density at radius 3 is 2.49 bits per heavy atom. The highest BCUT2D eigenvalue weighted by Crippen LogP contribution is 2.36. The van der Waals surface area contributed by atoms with Crippen molar-refractivity contribution in [2.24, 2.45) is 11.8 Å². The summed E-state index contributed by atoms with van der Waals surface area (Å²) >= 11 is 0. The normalized spacial score (nSPS) is 21.5. The van der Waals surface area contributed by atoms with E-state index in [0.29, 0.717) is 5.69 Å². The molecule has 2 amide bonds. The molecule has 0 bridgehead atoms. The predicted octanol–water partition coefficient (Wildman–Crippen LogP) is 3.75. The van der Waals surface area contributed by atoms with E-state index in [9.17, 15) is 23.1 Å². The number of aliphatic hydroxyl groups excluding tert-OH is 1. The molecule has 1 fully saturated rings. The van der Waals surface area contributed by atoms with Crippen molar-refractivity contribution in [2.45, 2.75) is 63.0 Å². The molecular weight excluding hydrogens is 518 g/mol. The third-order valence-electron chi connectivity index (χ3n) is 7.81. The van der Waals surface area contributed by atoms with Crippen LogP contribution in [0.4, 0.5) is 5.69 Å². The quantitative estimate of drug-likeness (QED) is 0.511. The summed E-state index contributed by atoms with van der Waals surface area (Å²) in [6, 6.07) is 12.8. The monoisotopic (exact) mass is 557 g/mol. The number of fused-ring (bicyclic) bond motifs is 1. The van der Waals surface area contributed by atoms with E-state index in [-0.39, 0.29) is 59.6 Å². The molecule has 1 heterocycles. The van der Waals surface area contributed by atoms with Crippen molar-refractivity contribution < 1.29 is 27.9 Å². The Hall–Kier alpha value is -2.95. The standard InChI is InChI=1S/C29H39N3O6S/c1-20-17-32(21(2)19-33)29(35)24-15-10-16-25(30-28(34)22-11-6-4-7-12-22)27(24)38-26(20)18-31(3)39(36,37)23-13-8-5-9-14-23/h5,8-10,13-16,20-22,26,33H,4,6-7,11-12,17-19H2,1-3H3,(H,30,34)/t20-,21-,26-/m0/s1. The van der Waals surface area contributed by atoms with Crippen molar-refractivity contribution in [3.8, 4) is 5.75 Å². The molecule has 9 nitrogen and oxygen atoms in total. The van der Waals surface area contributed by atoms with Crippen LogP contribution in [0, 0.1) is 11.8 Å². The van der Waals surface area contributed by atoms with E-state index in [1.165, 1.54) is 11.4 Å². The molecule has 0 spiro atoms. The molecule has 2 aromatic rings. The highest BCUT2D eigenvalue weighted by Gasteiger charge is 2.36. The minimum atomic E-state index is -3.79. The number of sulfonamides is 1. The second kappa shape index (κ2) is 12.5. The van der Waals surface area contributed by atoms with Gasteiger partial charge in [-0.25, -0.2) is 8.42 Å². The van der Waals surface area contributed by atoms with Gasteiger partial charge < -0.3 is 20.1 Å². The Morgan fingerprint density at radius 2 is 1.82 bits per heavy atom. The first-order valence-electron chi connectivity index (χ1n) is 13.7. The topological polar surface area (TPSA) is 116 Å². The molecule has 3 atom stereocenters. The number of carbonyl (C=O) groups excluding carboxylic acids is 2. The second-order valence-electron chi connectivity index (χ2n) is 10.7. The number of para-hydroxylation sites is 1. The first-order valence-corrected chi connectivity index (χ1v) is 15.1. The maximum absolute atomic E-state index is 13.7. The molecule has 2 aliphatic rings. The minimum absolute atomic E-state index is 0.0261. The van der Waals surface area contributed by atoms with Gasteiger partial charge in [0.25, 0.3) is 5.91 Å². The zero-order chi connectivity index (χ0) is 28.2. The number of nitrogens with one attached hydrogen (secondary N) is 1. The molecule has 1 saturated carbocycles. The summed E-state index contributed by atoms with van der Waals surface area (Å²) in [5.41, 5.74) is 0.655. The van der Waals surface area contributed by atoms with Crippen LogP contribution in [-0.4, -0.2) is 73.4 Å². The van der Waals surface area contributed by atoms with Crippen molar-refractivity contribution in [3.05, 3.63) is 54.1 Å². The number of nitrogens with zero attached hydrogens (tertiary/aromatic N) is 2. The number of likely N-dealkylation sites (N-methyl/N-ethyl adjacent to an activating group) is 1. The van der Waals surface area contributed by atoms with Crippen molar-refractivity contribution in [1.82, 2.24) is 9.21 Å². The molecule has 0 radical (unpaired) electrons. The fourth-order valence-corrected chi connectivity index (χ4v) is 6.49. The number of benzene rings is 2. The van der Waals surface area contributed by atoms with Gasteiger partial charge in [0.1, 0.15) is 6.10 Å². The van der Waals surface area contributed by atoms with E-state index < -0.39 is 22.2 Å².